The first-order chi connectivity index (χ1) is 8.31. The van der Waals surface area contributed by atoms with Crippen LogP contribution in [0.25, 0.3) is 0 Å². The van der Waals surface area contributed by atoms with E-state index in [0.717, 1.165) is 25.9 Å². The second kappa shape index (κ2) is 9.37. The lowest BCUT2D eigenvalue weighted by Crippen LogP contribution is -2.34. The van der Waals surface area contributed by atoms with Crippen molar-refractivity contribution in [3.63, 3.8) is 0 Å². The van der Waals surface area contributed by atoms with E-state index in [1.165, 1.54) is 0 Å². The molecule has 0 spiro atoms. The predicted molar refractivity (Wildman–Crippen MR) is 76.6 cm³/mol. The van der Waals surface area contributed by atoms with Crippen molar-refractivity contribution >= 4 is 5.97 Å². The van der Waals surface area contributed by atoms with Crippen molar-refractivity contribution < 1.29 is 9.53 Å². The van der Waals surface area contributed by atoms with Gasteiger partial charge in [0, 0.05) is 0 Å². The van der Waals surface area contributed by atoms with Crippen LogP contribution >= 0.6 is 0 Å². The molecular formula is C15H31NO2. The van der Waals surface area contributed by atoms with Gasteiger partial charge in [0.15, 0.2) is 0 Å². The first-order valence-corrected chi connectivity index (χ1v) is 7.23. The summed E-state index contributed by atoms with van der Waals surface area (Å²) in [6, 6.07) is 0. The van der Waals surface area contributed by atoms with Crippen molar-refractivity contribution in [3.8, 4) is 0 Å². The second-order valence-corrected chi connectivity index (χ2v) is 6.18. The molecule has 3 heteroatoms. The molecule has 0 N–H and O–H groups in total. The van der Waals surface area contributed by atoms with Crippen LogP contribution in [-0.2, 0) is 9.53 Å². The first-order valence-electron chi connectivity index (χ1n) is 7.23. The number of hydrogen-bond acceptors (Lipinski definition) is 3. The second-order valence-electron chi connectivity index (χ2n) is 6.18. The minimum absolute atomic E-state index is 0.0189. The van der Waals surface area contributed by atoms with Gasteiger partial charge in [-0.1, -0.05) is 27.7 Å². The highest BCUT2D eigenvalue weighted by atomic mass is 16.5. The maximum Gasteiger partial charge on any atom is 0.320 e. The molecule has 0 saturated heterocycles. The number of nitrogens with zero attached hydrogens (tertiary/aromatic N) is 1. The van der Waals surface area contributed by atoms with Crippen LogP contribution in [0.4, 0.5) is 0 Å². The van der Waals surface area contributed by atoms with E-state index in [9.17, 15) is 4.79 Å². The highest BCUT2D eigenvalue weighted by molar-refractivity contribution is 5.71. The number of rotatable bonds is 9. The van der Waals surface area contributed by atoms with Crippen molar-refractivity contribution in [2.45, 2.75) is 60.5 Å². The normalized spacial score (nSPS) is 11.9. The van der Waals surface area contributed by atoms with E-state index < -0.39 is 0 Å². The smallest absolute Gasteiger partial charge is 0.320 e. The van der Waals surface area contributed by atoms with Gasteiger partial charge in [0.1, 0.15) is 0 Å². The van der Waals surface area contributed by atoms with Crippen molar-refractivity contribution in [1.82, 2.24) is 4.90 Å². The van der Waals surface area contributed by atoms with Crippen LogP contribution in [0.2, 0.25) is 0 Å². The summed E-state index contributed by atoms with van der Waals surface area (Å²) >= 11 is 0. The van der Waals surface area contributed by atoms with Gasteiger partial charge in [-0.15, -0.1) is 0 Å². The Morgan fingerprint density at radius 3 is 1.72 bits per heavy atom. The minimum atomic E-state index is -0.0995. The monoisotopic (exact) mass is 257 g/mol. The summed E-state index contributed by atoms with van der Waals surface area (Å²) in [6.45, 7) is 15.0. The predicted octanol–water partition coefficient (Wildman–Crippen LogP) is 3.33. The molecule has 0 radical (unpaired) electrons. The highest BCUT2D eigenvalue weighted by Gasteiger charge is 2.13. The van der Waals surface area contributed by atoms with E-state index in [0.29, 0.717) is 18.4 Å². The van der Waals surface area contributed by atoms with Gasteiger partial charge >= 0.3 is 5.97 Å². The maximum absolute atomic E-state index is 11.7. The van der Waals surface area contributed by atoms with Gasteiger partial charge in [0.05, 0.1) is 12.6 Å². The first kappa shape index (κ1) is 17.4. The Hall–Kier alpha value is -0.570. The molecule has 3 nitrogen and oxygen atoms in total. The fourth-order valence-corrected chi connectivity index (χ4v) is 1.63. The van der Waals surface area contributed by atoms with Crippen molar-refractivity contribution in [2.24, 2.45) is 11.8 Å². The molecule has 0 heterocycles. The highest BCUT2D eigenvalue weighted by Crippen LogP contribution is 2.07. The Labute approximate surface area is 113 Å². The van der Waals surface area contributed by atoms with E-state index in [2.05, 4.69) is 32.6 Å². The van der Waals surface area contributed by atoms with Crippen molar-refractivity contribution in [3.05, 3.63) is 0 Å². The summed E-state index contributed by atoms with van der Waals surface area (Å²) in [7, 11) is 0. The molecular weight excluding hydrogens is 226 g/mol. The fourth-order valence-electron chi connectivity index (χ4n) is 1.63. The van der Waals surface area contributed by atoms with Gasteiger partial charge in [-0.25, -0.2) is 0 Å². The fraction of sp³-hybridized carbons (Fsp3) is 0.933. The molecule has 0 unspecified atom stereocenters. The molecule has 0 aromatic rings. The zero-order chi connectivity index (χ0) is 14.1. The summed E-state index contributed by atoms with van der Waals surface area (Å²) in [5, 5.41) is 0. The quantitative estimate of drug-likeness (QED) is 0.593. The molecule has 0 saturated carbocycles. The van der Waals surface area contributed by atoms with E-state index in [1.54, 1.807) is 0 Å². The molecule has 0 aliphatic rings. The van der Waals surface area contributed by atoms with Crippen molar-refractivity contribution in [1.29, 1.82) is 0 Å². The third-order valence-electron chi connectivity index (χ3n) is 2.77. The van der Waals surface area contributed by atoms with Gasteiger partial charge < -0.3 is 4.74 Å². The van der Waals surface area contributed by atoms with Gasteiger partial charge in [0.25, 0.3) is 0 Å². The summed E-state index contributed by atoms with van der Waals surface area (Å²) < 4.78 is 5.21. The number of hydrogen-bond donors (Lipinski definition) is 0. The van der Waals surface area contributed by atoms with Crippen LogP contribution in [-0.4, -0.2) is 36.6 Å². The number of esters is 1. The summed E-state index contributed by atoms with van der Waals surface area (Å²) in [5.74, 6) is 1.25. The standard InChI is InChI=1S/C15H31NO2/c1-12(2)7-9-16(10-8-13(3)4)11-15(17)18-14(5)6/h12-14H,7-11H2,1-6H3. The Morgan fingerprint density at radius 2 is 1.39 bits per heavy atom. The van der Waals surface area contributed by atoms with Crippen molar-refractivity contribution in [2.75, 3.05) is 19.6 Å². The van der Waals surface area contributed by atoms with Gasteiger partial charge in [-0.05, 0) is 51.6 Å². The topological polar surface area (TPSA) is 29.5 Å². The number of ether oxygens (including phenoxy) is 1. The van der Waals surface area contributed by atoms with Crippen LogP contribution < -0.4 is 0 Å². The summed E-state index contributed by atoms with van der Waals surface area (Å²) in [4.78, 5) is 13.9. The molecule has 108 valence electrons. The lowest BCUT2D eigenvalue weighted by Gasteiger charge is -2.23. The van der Waals surface area contributed by atoms with Crippen LogP contribution in [0.5, 0.6) is 0 Å². The lowest BCUT2D eigenvalue weighted by atomic mass is 10.1. The van der Waals surface area contributed by atoms with Crippen LogP contribution in [0.15, 0.2) is 0 Å². The third-order valence-corrected chi connectivity index (χ3v) is 2.77. The van der Waals surface area contributed by atoms with Gasteiger partial charge in [0.2, 0.25) is 0 Å². The maximum atomic E-state index is 11.7. The van der Waals surface area contributed by atoms with Crippen LogP contribution in [0.3, 0.4) is 0 Å². The molecule has 0 aromatic heterocycles. The largest absolute Gasteiger partial charge is 0.462 e. The average molecular weight is 257 g/mol. The van der Waals surface area contributed by atoms with Gasteiger partial charge in [-0.2, -0.15) is 0 Å². The Kier molecular flexibility index (Phi) is 9.08. The van der Waals surface area contributed by atoms with Crippen LogP contribution in [0, 0.1) is 11.8 Å². The Balaban J connectivity index is 4.14. The molecule has 0 aliphatic carbocycles. The van der Waals surface area contributed by atoms with Crippen LogP contribution in [0.1, 0.15) is 54.4 Å². The van der Waals surface area contributed by atoms with E-state index >= 15 is 0 Å². The minimum Gasteiger partial charge on any atom is -0.462 e. The molecule has 0 rings (SSSR count). The molecule has 0 atom stereocenters. The Morgan fingerprint density at radius 1 is 0.944 bits per heavy atom. The lowest BCUT2D eigenvalue weighted by molar-refractivity contribution is -0.148. The van der Waals surface area contributed by atoms with E-state index in [4.69, 9.17) is 4.74 Å². The number of carbonyl (C=O) groups is 1. The number of carbonyl (C=O) groups excluding carboxylic acids is 1. The molecule has 0 bridgehead atoms. The van der Waals surface area contributed by atoms with Gasteiger partial charge in [-0.3, -0.25) is 9.69 Å². The summed E-state index contributed by atoms with van der Waals surface area (Å²) in [6.07, 6.45) is 2.25. The molecule has 0 amide bonds. The molecule has 18 heavy (non-hydrogen) atoms. The molecule has 0 aromatic carbocycles. The van der Waals surface area contributed by atoms with E-state index in [1.807, 2.05) is 13.8 Å². The zero-order valence-electron chi connectivity index (χ0n) is 13.0. The summed E-state index contributed by atoms with van der Waals surface area (Å²) in [5.41, 5.74) is 0. The van der Waals surface area contributed by atoms with E-state index in [-0.39, 0.29) is 12.1 Å². The molecule has 0 fully saturated rings. The zero-order valence-corrected chi connectivity index (χ0v) is 13.0. The SMILES string of the molecule is CC(C)CCN(CCC(C)C)CC(=O)OC(C)C. The Bertz CT molecular complexity index is 213. The average Bonchev–Trinajstić information content (AvgIpc) is 2.20. The molecule has 0 aliphatic heterocycles. The third kappa shape index (κ3) is 10.6.